The van der Waals surface area contributed by atoms with Crippen LogP contribution in [0.3, 0.4) is 0 Å². The molecule has 0 saturated carbocycles. The normalized spacial score (nSPS) is 10.7. The maximum atomic E-state index is 11.1. The summed E-state index contributed by atoms with van der Waals surface area (Å²) in [7, 11) is 0. The van der Waals surface area contributed by atoms with E-state index in [0.29, 0.717) is 12.2 Å². The molecule has 1 aromatic carbocycles. The van der Waals surface area contributed by atoms with Crippen molar-refractivity contribution in [1.82, 2.24) is 0 Å². The Labute approximate surface area is 106 Å². The fraction of sp³-hybridized carbons (Fsp3) is 0.400. The van der Waals surface area contributed by atoms with Crippen LogP contribution in [0.15, 0.2) is 39.5 Å². The Morgan fingerprint density at radius 2 is 1.94 bits per heavy atom. The minimum atomic E-state index is -0.331. The van der Waals surface area contributed by atoms with Crippen molar-refractivity contribution in [2.45, 2.75) is 32.6 Å². The highest BCUT2D eigenvalue weighted by Crippen LogP contribution is 2.19. The molecule has 0 fully saturated rings. The standard InChI is InChI=1S/C15H18O3/c1-2-3-4-5-10-17-13-8-6-12-7-9-15(16)18-14(12)11-13/h6-9,11H,2-5,10H2,1H3. The quantitative estimate of drug-likeness (QED) is 0.575. The number of hydrogen-bond donors (Lipinski definition) is 0. The van der Waals surface area contributed by atoms with E-state index in [9.17, 15) is 4.79 Å². The maximum absolute atomic E-state index is 11.1. The number of fused-ring (bicyclic) bond motifs is 1. The van der Waals surface area contributed by atoms with Gasteiger partial charge in [-0.25, -0.2) is 4.79 Å². The van der Waals surface area contributed by atoms with Crippen LogP contribution in [-0.2, 0) is 0 Å². The minimum absolute atomic E-state index is 0.331. The molecule has 0 amide bonds. The lowest BCUT2D eigenvalue weighted by atomic mass is 10.2. The van der Waals surface area contributed by atoms with Gasteiger partial charge in [0.25, 0.3) is 0 Å². The smallest absolute Gasteiger partial charge is 0.336 e. The lowest BCUT2D eigenvalue weighted by Gasteiger charge is -2.06. The predicted molar refractivity (Wildman–Crippen MR) is 72.1 cm³/mol. The molecule has 96 valence electrons. The predicted octanol–water partition coefficient (Wildman–Crippen LogP) is 3.75. The molecule has 2 rings (SSSR count). The molecule has 0 aliphatic carbocycles. The molecule has 0 spiro atoms. The van der Waals surface area contributed by atoms with E-state index in [2.05, 4.69) is 6.92 Å². The number of benzene rings is 1. The van der Waals surface area contributed by atoms with Gasteiger partial charge in [0.05, 0.1) is 6.61 Å². The highest BCUT2D eigenvalue weighted by atomic mass is 16.5. The van der Waals surface area contributed by atoms with Gasteiger partial charge in [0.2, 0.25) is 0 Å². The summed E-state index contributed by atoms with van der Waals surface area (Å²) in [6.07, 6.45) is 4.72. The topological polar surface area (TPSA) is 39.4 Å². The fourth-order valence-electron chi connectivity index (χ4n) is 1.85. The molecule has 0 radical (unpaired) electrons. The Bertz CT molecular complexity index is 557. The van der Waals surface area contributed by atoms with Crippen LogP contribution in [0.4, 0.5) is 0 Å². The molecule has 0 aliphatic rings. The third-order valence-corrected chi connectivity index (χ3v) is 2.86. The monoisotopic (exact) mass is 246 g/mol. The molecule has 1 heterocycles. The van der Waals surface area contributed by atoms with E-state index in [4.69, 9.17) is 9.15 Å². The van der Waals surface area contributed by atoms with Crippen molar-refractivity contribution in [1.29, 1.82) is 0 Å². The first-order valence-corrected chi connectivity index (χ1v) is 6.46. The maximum Gasteiger partial charge on any atom is 0.336 e. The molecule has 0 unspecified atom stereocenters. The molecular weight excluding hydrogens is 228 g/mol. The van der Waals surface area contributed by atoms with Crippen LogP contribution in [0.1, 0.15) is 32.6 Å². The van der Waals surface area contributed by atoms with Crippen LogP contribution in [0, 0.1) is 0 Å². The van der Waals surface area contributed by atoms with Gasteiger partial charge in [-0.2, -0.15) is 0 Å². The summed E-state index contributed by atoms with van der Waals surface area (Å²) in [6, 6.07) is 8.76. The summed E-state index contributed by atoms with van der Waals surface area (Å²) in [5, 5.41) is 0.910. The van der Waals surface area contributed by atoms with Crippen molar-refractivity contribution in [2.24, 2.45) is 0 Å². The second-order valence-corrected chi connectivity index (χ2v) is 4.36. The van der Waals surface area contributed by atoms with Crippen molar-refractivity contribution < 1.29 is 9.15 Å². The molecule has 3 nitrogen and oxygen atoms in total. The largest absolute Gasteiger partial charge is 0.493 e. The molecule has 2 aromatic rings. The first kappa shape index (κ1) is 12.7. The highest BCUT2D eigenvalue weighted by molar-refractivity contribution is 5.77. The van der Waals surface area contributed by atoms with Crippen molar-refractivity contribution in [2.75, 3.05) is 6.61 Å². The van der Waals surface area contributed by atoms with E-state index in [1.807, 2.05) is 12.1 Å². The van der Waals surface area contributed by atoms with Crippen molar-refractivity contribution in [3.8, 4) is 5.75 Å². The third-order valence-electron chi connectivity index (χ3n) is 2.86. The molecule has 18 heavy (non-hydrogen) atoms. The Hall–Kier alpha value is -1.77. The Morgan fingerprint density at radius 1 is 1.11 bits per heavy atom. The van der Waals surface area contributed by atoms with E-state index in [-0.39, 0.29) is 5.63 Å². The zero-order valence-electron chi connectivity index (χ0n) is 10.6. The third kappa shape index (κ3) is 3.36. The van der Waals surface area contributed by atoms with E-state index in [1.165, 1.54) is 25.3 Å². The van der Waals surface area contributed by atoms with Crippen LogP contribution in [0.25, 0.3) is 11.0 Å². The summed E-state index contributed by atoms with van der Waals surface area (Å²) in [6.45, 7) is 2.90. The average Bonchev–Trinajstić information content (AvgIpc) is 2.38. The van der Waals surface area contributed by atoms with Crippen molar-refractivity contribution >= 4 is 11.0 Å². The molecule has 0 aliphatic heterocycles. The SMILES string of the molecule is CCCCCCOc1ccc2ccc(=O)oc2c1. The molecule has 0 bridgehead atoms. The Morgan fingerprint density at radius 3 is 2.78 bits per heavy atom. The van der Waals surface area contributed by atoms with E-state index < -0.39 is 0 Å². The number of unbranched alkanes of at least 4 members (excludes halogenated alkanes) is 3. The lowest BCUT2D eigenvalue weighted by Crippen LogP contribution is -1.98. The van der Waals surface area contributed by atoms with Gasteiger partial charge in [0, 0.05) is 17.5 Å². The molecule has 0 atom stereocenters. The van der Waals surface area contributed by atoms with Gasteiger partial charge in [-0.1, -0.05) is 26.2 Å². The van der Waals surface area contributed by atoms with Gasteiger partial charge in [-0.15, -0.1) is 0 Å². The summed E-state index contributed by atoms with van der Waals surface area (Å²) in [4.78, 5) is 11.1. The molecular formula is C15H18O3. The Kier molecular flexibility index (Phi) is 4.40. The van der Waals surface area contributed by atoms with Gasteiger partial charge in [-0.3, -0.25) is 0 Å². The zero-order chi connectivity index (χ0) is 12.8. The summed E-state index contributed by atoms with van der Waals surface area (Å²) in [5.74, 6) is 0.758. The van der Waals surface area contributed by atoms with E-state index >= 15 is 0 Å². The van der Waals surface area contributed by atoms with Crippen LogP contribution < -0.4 is 10.4 Å². The molecule has 0 N–H and O–H groups in total. The fourth-order valence-corrected chi connectivity index (χ4v) is 1.85. The van der Waals surface area contributed by atoms with Crippen LogP contribution in [0.5, 0.6) is 5.75 Å². The van der Waals surface area contributed by atoms with E-state index in [1.54, 1.807) is 12.1 Å². The summed E-state index contributed by atoms with van der Waals surface area (Å²) in [5.41, 5.74) is 0.246. The van der Waals surface area contributed by atoms with Gasteiger partial charge < -0.3 is 9.15 Å². The minimum Gasteiger partial charge on any atom is -0.493 e. The van der Waals surface area contributed by atoms with E-state index in [0.717, 1.165) is 17.6 Å². The highest BCUT2D eigenvalue weighted by Gasteiger charge is 2.00. The van der Waals surface area contributed by atoms with Crippen LogP contribution in [0.2, 0.25) is 0 Å². The zero-order valence-corrected chi connectivity index (χ0v) is 10.6. The number of hydrogen-bond acceptors (Lipinski definition) is 3. The average molecular weight is 246 g/mol. The summed E-state index contributed by atoms with van der Waals surface area (Å²) < 4.78 is 10.8. The second-order valence-electron chi connectivity index (χ2n) is 4.36. The molecule has 3 heteroatoms. The summed E-state index contributed by atoms with van der Waals surface area (Å²) >= 11 is 0. The Balaban J connectivity index is 1.99. The second kappa shape index (κ2) is 6.24. The molecule has 1 aromatic heterocycles. The van der Waals surface area contributed by atoms with Gasteiger partial charge in [-0.05, 0) is 24.6 Å². The van der Waals surface area contributed by atoms with Crippen LogP contribution in [-0.4, -0.2) is 6.61 Å². The first-order valence-electron chi connectivity index (χ1n) is 6.46. The number of rotatable bonds is 6. The van der Waals surface area contributed by atoms with Gasteiger partial charge in [0.15, 0.2) is 0 Å². The lowest BCUT2D eigenvalue weighted by molar-refractivity contribution is 0.305. The van der Waals surface area contributed by atoms with Crippen LogP contribution >= 0.6 is 0 Å². The molecule has 0 saturated heterocycles. The van der Waals surface area contributed by atoms with Crippen molar-refractivity contribution in [3.05, 3.63) is 40.8 Å². The van der Waals surface area contributed by atoms with Crippen molar-refractivity contribution in [3.63, 3.8) is 0 Å². The first-order chi connectivity index (χ1) is 8.79. The van der Waals surface area contributed by atoms with Gasteiger partial charge in [0.1, 0.15) is 11.3 Å². The number of ether oxygens (including phenoxy) is 1. The van der Waals surface area contributed by atoms with Gasteiger partial charge >= 0.3 is 5.63 Å².